The number of thiophene rings is 1. The molecule has 21 heavy (non-hydrogen) atoms. The highest BCUT2D eigenvalue weighted by Crippen LogP contribution is 2.18. The number of H-pyrrole nitrogens is 1. The summed E-state index contributed by atoms with van der Waals surface area (Å²) in [6, 6.07) is 3.96. The minimum absolute atomic E-state index is 0.421. The van der Waals surface area contributed by atoms with Crippen LogP contribution in [0, 0.1) is 18.6 Å². The second-order valence-electron chi connectivity index (χ2n) is 4.39. The van der Waals surface area contributed by atoms with Crippen LogP contribution < -0.4 is 0 Å². The molecule has 1 N–H and O–H groups in total. The average molecular weight is 383 g/mol. The van der Waals surface area contributed by atoms with Gasteiger partial charge in [0.1, 0.15) is 0 Å². The first-order valence-electron chi connectivity index (χ1n) is 6.04. The highest BCUT2D eigenvalue weighted by atomic mass is 79.9. The van der Waals surface area contributed by atoms with Gasteiger partial charge in [-0.05, 0) is 54.1 Å². The molecule has 0 atom stereocenters. The van der Waals surface area contributed by atoms with Gasteiger partial charge in [0.25, 0.3) is 5.95 Å². The monoisotopic (exact) mass is 382 g/mol. The van der Waals surface area contributed by atoms with Crippen LogP contribution in [0.2, 0.25) is 0 Å². The van der Waals surface area contributed by atoms with Crippen molar-refractivity contribution >= 4 is 45.7 Å². The molecule has 6 nitrogen and oxygen atoms in total. The zero-order valence-electron chi connectivity index (χ0n) is 11.2. The van der Waals surface area contributed by atoms with Crippen molar-refractivity contribution < 1.29 is 0 Å². The summed E-state index contributed by atoms with van der Waals surface area (Å²) in [7, 11) is 0. The Hall–Kier alpha value is -1.58. The van der Waals surface area contributed by atoms with Crippen molar-refractivity contribution in [3.05, 3.63) is 43.0 Å². The number of hydrogen-bond donors (Lipinski definition) is 1. The molecule has 0 aliphatic rings. The van der Waals surface area contributed by atoms with E-state index in [1.54, 1.807) is 26.9 Å². The Kier molecular flexibility index (Phi) is 3.87. The van der Waals surface area contributed by atoms with E-state index in [2.05, 4.69) is 36.3 Å². The van der Waals surface area contributed by atoms with Crippen LogP contribution in [0.15, 0.2) is 27.1 Å². The molecule has 0 fully saturated rings. The van der Waals surface area contributed by atoms with E-state index in [1.807, 2.05) is 31.4 Å². The zero-order valence-corrected chi connectivity index (χ0v) is 14.5. The molecule has 0 saturated heterocycles. The lowest BCUT2D eigenvalue weighted by atomic mass is 10.4. The van der Waals surface area contributed by atoms with E-state index in [0.717, 1.165) is 20.7 Å². The molecule has 3 aromatic rings. The van der Waals surface area contributed by atoms with E-state index >= 15 is 0 Å². The number of aromatic nitrogens is 5. The van der Waals surface area contributed by atoms with Gasteiger partial charge in [-0.3, -0.25) is 0 Å². The summed E-state index contributed by atoms with van der Waals surface area (Å²) >= 11 is 10.2. The summed E-state index contributed by atoms with van der Waals surface area (Å²) in [6.45, 7) is 3.89. The summed E-state index contributed by atoms with van der Waals surface area (Å²) in [5.74, 6) is 0.539. The number of halogens is 1. The normalized spacial score (nSPS) is 11.6. The maximum atomic E-state index is 5.23. The molecule has 0 aliphatic heterocycles. The van der Waals surface area contributed by atoms with E-state index in [-0.39, 0.29) is 0 Å². The third-order valence-electron chi connectivity index (χ3n) is 2.72. The predicted octanol–water partition coefficient (Wildman–Crippen LogP) is 3.45. The van der Waals surface area contributed by atoms with Crippen LogP contribution in [0.3, 0.4) is 0 Å². The molecule has 0 unspecified atom stereocenters. The Balaban J connectivity index is 2.03. The molecular formula is C12H11BrN6S2. The molecule has 3 aromatic heterocycles. The van der Waals surface area contributed by atoms with Gasteiger partial charge >= 0.3 is 0 Å². The number of nitrogens with zero attached hydrogens (tertiary/aromatic N) is 5. The van der Waals surface area contributed by atoms with Crippen LogP contribution in [0.4, 0.5) is 0 Å². The average Bonchev–Trinajstić information content (AvgIpc) is 3.08. The largest absolute Gasteiger partial charge is 0.271 e. The van der Waals surface area contributed by atoms with E-state index in [0.29, 0.717) is 10.7 Å². The number of hydrogen-bond acceptors (Lipinski definition) is 5. The van der Waals surface area contributed by atoms with E-state index in [9.17, 15) is 0 Å². The molecule has 0 bridgehead atoms. The predicted molar refractivity (Wildman–Crippen MR) is 89.0 cm³/mol. The van der Waals surface area contributed by atoms with Gasteiger partial charge in [0.2, 0.25) is 4.77 Å². The van der Waals surface area contributed by atoms with E-state index in [4.69, 9.17) is 12.2 Å². The number of aryl methyl sites for hydroxylation is 2. The minimum atomic E-state index is 0.421. The Bertz CT molecular complexity index is 869. The van der Waals surface area contributed by atoms with Crippen molar-refractivity contribution in [3.8, 4) is 5.95 Å². The third-order valence-corrected chi connectivity index (χ3v) is 4.61. The first-order chi connectivity index (χ1) is 10.0. The van der Waals surface area contributed by atoms with Crippen molar-refractivity contribution in [1.29, 1.82) is 0 Å². The Labute approximate surface area is 138 Å². The van der Waals surface area contributed by atoms with Crippen molar-refractivity contribution in [3.63, 3.8) is 0 Å². The van der Waals surface area contributed by atoms with Crippen LogP contribution in [0.5, 0.6) is 0 Å². The van der Waals surface area contributed by atoms with Crippen LogP contribution in [0.1, 0.15) is 16.3 Å². The van der Waals surface area contributed by atoms with Gasteiger partial charge in [-0.2, -0.15) is 14.9 Å². The van der Waals surface area contributed by atoms with Gasteiger partial charge < -0.3 is 0 Å². The number of rotatable bonds is 3. The molecule has 0 radical (unpaired) electrons. The van der Waals surface area contributed by atoms with Gasteiger partial charge in [-0.15, -0.1) is 16.4 Å². The molecule has 0 amide bonds. The lowest BCUT2D eigenvalue weighted by Crippen LogP contribution is -2.07. The summed E-state index contributed by atoms with van der Waals surface area (Å²) in [4.78, 5) is 1.02. The Morgan fingerprint density at radius 3 is 2.86 bits per heavy atom. The molecule has 0 spiro atoms. The van der Waals surface area contributed by atoms with Crippen LogP contribution in [0.25, 0.3) is 5.95 Å². The molecule has 0 saturated carbocycles. The van der Waals surface area contributed by atoms with Gasteiger partial charge in [0.05, 0.1) is 11.9 Å². The quantitative estimate of drug-likeness (QED) is 0.557. The standard InChI is InChI=1S/C12H11BrN6S2/c1-7-3-8(2)18(17-7)11-15-16-12(20)19(11)14-5-10-4-9(13)6-21-10/h3-6H,1-2H3,(H,16,20)/b14-5-. The van der Waals surface area contributed by atoms with Gasteiger partial charge in [-0.1, -0.05) is 0 Å². The highest BCUT2D eigenvalue weighted by Gasteiger charge is 2.11. The van der Waals surface area contributed by atoms with Crippen molar-refractivity contribution in [2.45, 2.75) is 13.8 Å². The second-order valence-corrected chi connectivity index (χ2v) is 6.64. The summed E-state index contributed by atoms with van der Waals surface area (Å²) in [6.07, 6.45) is 1.75. The summed E-state index contributed by atoms with van der Waals surface area (Å²) in [5.41, 5.74) is 1.89. The molecule has 3 rings (SSSR count). The first kappa shape index (κ1) is 14.4. The lowest BCUT2D eigenvalue weighted by Gasteiger charge is -2.02. The Morgan fingerprint density at radius 1 is 1.43 bits per heavy atom. The topological polar surface area (TPSA) is 63.8 Å². The summed E-state index contributed by atoms with van der Waals surface area (Å²) < 4.78 is 4.72. The molecule has 108 valence electrons. The van der Waals surface area contributed by atoms with Crippen molar-refractivity contribution in [2.24, 2.45) is 5.10 Å². The molecular weight excluding hydrogens is 372 g/mol. The van der Waals surface area contributed by atoms with Crippen molar-refractivity contribution in [1.82, 2.24) is 24.7 Å². The Morgan fingerprint density at radius 2 is 2.24 bits per heavy atom. The maximum absolute atomic E-state index is 5.23. The fraction of sp³-hybridized carbons (Fsp3) is 0.167. The highest BCUT2D eigenvalue weighted by molar-refractivity contribution is 9.10. The minimum Gasteiger partial charge on any atom is -0.248 e. The SMILES string of the molecule is Cc1cc(C)n(-c2n[nH]c(=S)n2/N=C\c2cc(Br)cs2)n1. The van der Waals surface area contributed by atoms with Crippen LogP contribution >= 0.6 is 39.5 Å². The van der Waals surface area contributed by atoms with Gasteiger partial charge in [0, 0.05) is 20.4 Å². The first-order valence-corrected chi connectivity index (χ1v) is 8.12. The fourth-order valence-electron chi connectivity index (χ4n) is 1.87. The van der Waals surface area contributed by atoms with Gasteiger partial charge in [-0.25, -0.2) is 9.78 Å². The number of nitrogens with one attached hydrogen (secondary N) is 1. The maximum Gasteiger partial charge on any atom is 0.271 e. The van der Waals surface area contributed by atoms with E-state index < -0.39 is 0 Å². The van der Waals surface area contributed by atoms with Gasteiger partial charge in [0.15, 0.2) is 0 Å². The smallest absolute Gasteiger partial charge is 0.248 e. The lowest BCUT2D eigenvalue weighted by molar-refractivity contribution is 0.714. The van der Waals surface area contributed by atoms with Crippen LogP contribution in [-0.4, -0.2) is 30.9 Å². The second kappa shape index (κ2) is 5.66. The van der Waals surface area contributed by atoms with Crippen LogP contribution in [-0.2, 0) is 0 Å². The number of aromatic amines is 1. The van der Waals surface area contributed by atoms with E-state index in [1.165, 1.54) is 0 Å². The summed E-state index contributed by atoms with van der Waals surface area (Å²) in [5, 5.41) is 17.8. The third kappa shape index (κ3) is 2.89. The zero-order chi connectivity index (χ0) is 15.0. The molecule has 0 aromatic carbocycles. The molecule has 9 heteroatoms. The molecule has 0 aliphatic carbocycles. The van der Waals surface area contributed by atoms with Crippen molar-refractivity contribution in [2.75, 3.05) is 0 Å². The fourth-order valence-corrected chi connectivity index (χ4v) is 3.34. The molecule has 3 heterocycles.